The summed E-state index contributed by atoms with van der Waals surface area (Å²) in [6.45, 7) is 11.0. The van der Waals surface area contributed by atoms with Gasteiger partial charge in [-0.3, -0.25) is 4.79 Å². The van der Waals surface area contributed by atoms with Gasteiger partial charge in [0.05, 0.1) is 6.61 Å². The third kappa shape index (κ3) is 5.71. The van der Waals surface area contributed by atoms with E-state index in [1.54, 1.807) is 0 Å². The number of ether oxygens (including phenoxy) is 2. The Bertz CT molecular complexity index is 629. The molecule has 28 heavy (non-hydrogen) atoms. The number of hydrogen-bond acceptors (Lipinski definition) is 4. The van der Waals surface area contributed by atoms with Crippen molar-refractivity contribution in [3.8, 4) is 5.75 Å². The number of carbonyl (C=O) groups excluding carboxylic acids is 1. The van der Waals surface area contributed by atoms with Crippen LogP contribution in [-0.4, -0.2) is 49.3 Å². The van der Waals surface area contributed by atoms with E-state index in [9.17, 15) is 4.79 Å². The summed E-state index contributed by atoms with van der Waals surface area (Å²) in [5, 5.41) is 3.00. The molecular formula is C23H36N2O3. The van der Waals surface area contributed by atoms with Gasteiger partial charge < -0.3 is 19.7 Å². The van der Waals surface area contributed by atoms with Gasteiger partial charge in [-0.2, -0.15) is 0 Å². The summed E-state index contributed by atoms with van der Waals surface area (Å²) < 4.78 is 11.7. The van der Waals surface area contributed by atoms with Gasteiger partial charge in [0.15, 0.2) is 0 Å². The molecule has 1 saturated heterocycles. The molecule has 156 valence electrons. The van der Waals surface area contributed by atoms with Gasteiger partial charge in [-0.25, -0.2) is 0 Å². The van der Waals surface area contributed by atoms with Crippen LogP contribution in [0.5, 0.6) is 5.75 Å². The van der Waals surface area contributed by atoms with Gasteiger partial charge in [0.2, 0.25) is 0 Å². The molecule has 1 aromatic rings. The highest BCUT2D eigenvalue weighted by atomic mass is 16.5. The van der Waals surface area contributed by atoms with Crippen molar-refractivity contribution in [3.05, 3.63) is 24.3 Å². The van der Waals surface area contributed by atoms with Gasteiger partial charge in [0.1, 0.15) is 11.4 Å². The zero-order chi connectivity index (χ0) is 20.0. The topological polar surface area (TPSA) is 50.8 Å². The lowest BCUT2D eigenvalue weighted by atomic mass is 9.99. The smallest absolute Gasteiger partial charge is 0.256 e. The fourth-order valence-corrected chi connectivity index (χ4v) is 4.16. The third-order valence-electron chi connectivity index (χ3n) is 5.99. The lowest BCUT2D eigenvalue weighted by molar-refractivity contribution is -0.141. The average molecular weight is 389 g/mol. The van der Waals surface area contributed by atoms with Crippen LogP contribution in [0, 0.1) is 11.8 Å². The largest absolute Gasteiger partial charge is 0.494 e. The SMILES string of the molecule is CCO[C@](C)(C(=O)Nc1ccc(OCCCN2CCC[C@@H](C)C2)cc1)C1CC1. The van der Waals surface area contributed by atoms with E-state index in [-0.39, 0.29) is 5.91 Å². The van der Waals surface area contributed by atoms with Crippen LogP contribution in [0.1, 0.15) is 52.9 Å². The number of rotatable bonds is 10. The minimum atomic E-state index is -0.726. The number of benzene rings is 1. The molecule has 5 heteroatoms. The van der Waals surface area contributed by atoms with Gasteiger partial charge in [0.25, 0.3) is 5.91 Å². The Kier molecular flexibility index (Phi) is 7.36. The Morgan fingerprint density at radius 1 is 1.25 bits per heavy atom. The number of amides is 1. The normalized spacial score (nSPS) is 22.5. The van der Waals surface area contributed by atoms with Gasteiger partial charge >= 0.3 is 0 Å². The second-order valence-corrected chi connectivity index (χ2v) is 8.54. The number of carbonyl (C=O) groups is 1. The van der Waals surface area contributed by atoms with E-state index in [1.165, 1.54) is 25.9 Å². The summed E-state index contributed by atoms with van der Waals surface area (Å²) in [5.41, 5.74) is 0.0572. The van der Waals surface area contributed by atoms with E-state index in [0.717, 1.165) is 49.8 Å². The summed E-state index contributed by atoms with van der Waals surface area (Å²) in [6.07, 6.45) is 5.85. The van der Waals surface area contributed by atoms with Crippen LogP contribution in [0.2, 0.25) is 0 Å². The fourth-order valence-electron chi connectivity index (χ4n) is 4.16. The Morgan fingerprint density at radius 3 is 2.64 bits per heavy atom. The molecule has 0 bridgehead atoms. The van der Waals surface area contributed by atoms with Gasteiger partial charge in [0, 0.05) is 25.4 Å². The van der Waals surface area contributed by atoms with Crippen molar-refractivity contribution in [2.24, 2.45) is 11.8 Å². The molecule has 1 aliphatic carbocycles. The summed E-state index contributed by atoms with van der Waals surface area (Å²) in [6, 6.07) is 7.65. The number of nitrogens with one attached hydrogen (secondary N) is 1. The Morgan fingerprint density at radius 2 is 2.00 bits per heavy atom. The van der Waals surface area contributed by atoms with Crippen LogP contribution in [-0.2, 0) is 9.53 Å². The first-order chi connectivity index (χ1) is 13.5. The molecule has 1 aromatic carbocycles. The molecule has 1 amide bonds. The molecule has 1 N–H and O–H groups in total. The highest BCUT2D eigenvalue weighted by Gasteiger charge is 2.48. The lowest BCUT2D eigenvalue weighted by Gasteiger charge is -2.30. The molecule has 1 heterocycles. The van der Waals surface area contributed by atoms with E-state index in [0.29, 0.717) is 12.5 Å². The Balaban J connectivity index is 1.41. The molecule has 5 nitrogen and oxygen atoms in total. The average Bonchev–Trinajstić information content (AvgIpc) is 3.52. The van der Waals surface area contributed by atoms with Gasteiger partial charge in [-0.15, -0.1) is 0 Å². The predicted octanol–water partition coefficient (Wildman–Crippen LogP) is 4.33. The number of likely N-dealkylation sites (tertiary alicyclic amines) is 1. The van der Waals surface area contributed by atoms with Crippen molar-refractivity contribution >= 4 is 11.6 Å². The maximum Gasteiger partial charge on any atom is 0.256 e. The van der Waals surface area contributed by atoms with E-state index < -0.39 is 5.60 Å². The lowest BCUT2D eigenvalue weighted by Crippen LogP contribution is -2.44. The standard InChI is InChI=1S/C23H36N2O3/c1-4-28-23(3,19-8-9-19)22(26)24-20-10-12-21(13-11-20)27-16-6-15-25-14-5-7-18(2)17-25/h10-13,18-19H,4-9,14-17H2,1-3H3,(H,24,26)/t18-,23+/m1/s1. The number of piperidine rings is 1. The van der Waals surface area contributed by atoms with Crippen molar-refractivity contribution in [1.29, 1.82) is 0 Å². The van der Waals surface area contributed by atoms with Crippen LogP contribution >= 0.6 is 0 Å². The van der Waals surface area contributed by atoms with E-state index in [4.69, 9.17) is 9.47 Å². The van der Waals surface area contributed by atoms with Crippen molar-refractivity contribution in [3.63, 3.8) is 0 Å². The van der Waals surface area contributed by atoms with E-state index >= 15 is 0 Å². The van der Waals surface area contributed by atoms with Crippen LogP contribution in [0.15, 0.2) is 24.3 Å². The molecule has 0 radical (unpaired) electrons. The molecule has 1 saturated carbocycles. The Labute approximate surface area is 169 Å². The van der Waals surface area contributed by atoms with Crippen molar-refractivity contribution in [1.82, 2.24) is 4.90 Å². The van der Waals surface area contributed by atoms with Crippen LogP contribution in [0.3, 0.4) is 0 Å². The van der Waals surface area contributed by atoms with Gasteiger partial charge in [-0.05, 0) is 88.6 Å². The second kappa shape index (κ2) is 9.75. The monoisotopic (exact) mass is 388 g/mol. The molecule has 0 aromatic heterocycles. The summed E-state index contributed by atoms with van der Waals surface area (Å²) in [5.74, 6) is 1.95. The van der Waals surface area contributed by atoms with Crippen molar-refractivity contribution < 1.29 is 14.3 Å². The summed E-state index contributed by atoms with van der Waals surface area (Å²) >= 11 is 0. The zero-order valence-corrected chi connectivity index (χ0v) is 17.7. The zero-order valence-electron chi connectivity index (χ0n) is 17.7. The van der Waals surface area contributed by atoms with Crippen LogP contribution in [0.4, 0.5) is 5.69 Å². The number of hydrogen-bond donors (Lipinski definition) is 1. The maximum absolute atomic E-state index is 12.7. The van der Waals surface area contributed by atoms with Crippen LogP contribution < -0.4 is 10.1 Å². The fraction of sp³-hybridized carbons (Fsp3) is 0.696. The second-order valence-electron chi connectivity index (χ2n) is 8.54. The van der Waals surface area contributed by atoms with Crippen LogP contribution in [0.25, 0.3) is 0 Å². The maximum atomic E-state index is 12.7. The first-order valence-electron chi connectivity index (χ1n) is 10.9. The Hall–Kier alpha value is -1.59. The highest BCUT2D eigenvalue weighted by Crippen LogP contribution is 2.42. The minimum absolute atomic E-state index is 0.0544. The molecule has 0 spiro atoms. The molecular weight excluding hydrogens is 352 g/mol. The van der Waals surface area contributed by atoms with Crippen molar-refractivity contribution in [2.45, 2.75) is 58.5 Å². The molecule has 2 atom stereocenters. The van der Waals surface area contributed by atoms with Crippen molar-refractivity contribution in [2.75, 3.05) is 38.2 Å². The predicted molar refractivity (Wildman–Crippen MR) is 113 cm³/mol. The first kappa shape index (κ1) is 21.1. The summed E-state index contributed by atoms with van der Waals surface area (Å²) in [7, 11) is 0. The minimum Gasteiger partial charge on any atom is -0.494 e. The molecule has 0 unspecified atom stereocenters. The summed E-state index contributed by atoms with van der Waals surface area (Å²) in [4.78, 5) is 15.2. The molecule has 2 aliphatic rings. The van der Waals surface area contributed by atoms with E-state index in [1.807, 2.05) is 38.1 Å². The molecule has 2 fully saturated rings. The highest BCUT2D eigenvalue weighted by molar-refractivity contribution is 5.97. The van der Waals surface area contributed by atoms with Gasteiger partial charge in [-0.1, -0.05) is 6.92 Å². The molecule has 3 rings (SSSR count). The van der Waals surface area contributed by atoms with E-state index in [2.05, 4.69) is 17.1 Å². The number of nitrogens with zero attached hydrogens (tertiary/aromatic N) is 1. The molecule has 1 aliphatic heterocycles. The first-order valence-corrected chi connectivity index (χ1v) is 10.9. The number of anilines is 1. The quantitative estimate of drug-likeness (QED) is 0.606. The third-order valence-corrected chi connectivity index (χ3v) is 5.99.